The lowest BCUT2D eigenvalue weighted by molar-refractivity contribution is -0.152. The van der Waals surface area contributed by atoms with E-state index >= 15 is 0 Å². The highest BCUT2D eigenvalue weighted by Gasteiger charge is 2.41. The molecule has 8 heteroatoms. The van der Waals surface area contributed by atoms with Gasteiger partial charge in [0.25, 0.3) is 0 Å². The minimum atomic E-state index is -0.885. The Morgan fingerprint density at radius 2 is 2.06 bits per heavy atom. The summed E-state index contributed by atoms with van der Waals surface area (Å²) in [5, 5.41) is 11.2. The summed E-state index contributed by atoms with van der Waals surface area (Å²) in [6, 6.07) is 4.95. The van der Waals surface area contributed by atoms with Crippen molar-refractivity contribution >= 4 is 5.97 Å². The van der Waals surface area contributed by atoms with Crippen LogP contribution in [-0.2, 0) is 22.4 Å². The average Bonchev–Trinajstić information content (AvgIpc) is 2.72. The van der Waals surface area contributed by atoms with Gasteiger partial charge in [0, 0.05) is 44.1 Å². The molecule has 3 heterocycles. The number of carbonyl (C=O) groups excluding carboxylic acids is 1. The molecule has 0 amide bonds. The molecule has 0 radical (unpaired) electrons. The number of ether oxygens (including phenoxy) is 2. The van der Waals surface area contributed by atoms with Gasteiger partial charge < -0.3 is 14.6 Å². The van der Waals surface area contributed by atoms with Gasteiger partial charge in [0.1, 0.15) is 17.3 Å². The minimum absolute atomic E-state index is 0.0853. The van der Waals surface area contributed by atoms with Crippen molar-refractivity contribution in [3.63, 3.8) is 0 Å². The van der Waals surface area contributed by atoms with E-state index < -0.39 is 28.8 Å². The lowest BCUT2D eigenvalue weighted by atomic mass is 9.83. The van der Waals surface area contributed by atoms with Crippen molar-refractivity contribution < 1.29 is 28.2 Å². The van der Waals surface area contributed by atoms with Crippen LogP contribution in [0.2, 0.25) is 0 Å². The van der Waals surface area contributed by atoms with E-state index in [2.05, 4.69) is 9.88 Å². The van der Waals surface area contributed by atoms with Crippen LogP contribution in [-0.4, -0.2) is 58.5 Å². The molecule has 1 saturated heterocycles. The highest BCUT2D eigenvalue weighted by Crippen LogP contribution is 2.36. The predicted molar refractivity (Wildman–Crippen MR) is 119 cm³/mol. The monoisotopic (exact) mass is 460 g/mol. The Hall–Kier alpha value is -2.42. The molecule has 1 unspecified atom stereocenters. The molecule has 1 fully saturated rings. The van der Waals surface area contributed by atoms with Crippen molar-refractivity contribution in [2.45, 2.75) is 57.8 Å². The van der Waals surface area contributed by atoms with Crippen molar-refractivity contribution in [1.29, 1.82) is 0 Å². The Morgan fingerprint density at radius 3 is 2.76 bits per heavy atom. The summed E-state index contributed by atoms with van der Waals surface area (Å²) in [5.74, 6) is -1.95. The number of benzene rings is 1. The van der Waals surface area contributed by atoms with E-state index in [1.165, 1.54) is 18.2 Å². The molecule has 1 atom stereocenters. The Labute approximate surface area is 192 Å². The summed E-state index contributed by atoms with van der Waals surface area (Å²) in [6.45, 7) is 7.83. The normalized spacial score (nSPS) is 22.6. The van der Waals surface area contributed by atoms with Gasteiger partial charge in [0.05, 0.1) is 30.1 Å². The van der Waals surface area contributed by atoms with Gasteiger partial charge in [0.2, 0.25) is 0 Å². The van der Waals surface area contributed by atoms with Gasteiger partial charge in [-0.2, -0.15) is 0 Å². The summed E-state index contributed by atoms with van der Waals surface area (Å²) in [6.07, 6.45) is 1.63. The number of rotatable bonds is 5. The number of carbonyl (C=O) groups is 1. The molecule has 33 heavy (non-hydrogen) atoms. The van der Waals surface area contributed by atoms with Crippen molar-refractivity contribution in [1.82, 2.24) is 9.88 Å². The Bertz CT molecular complexity index is 1060. The predicted octanol–water partition coefficient (Wildman–Crippen LogP) is 3.88. The number of aliphatic hydroxyl groups is 1. The van der Waals surface area contributed by atoms with Gasteiger partial charge in [-0.1, -0.05) is 0 Å². The van der Waals surface area contributed by atoms with Crippen LogP contribution < -0.4 is 0 Å². The molecular weight excluding hydrogens is 430 g/mol. The Morgan fingerprint density at radius 1 is 1.27 bits per heavy atom. The second kappa shape index (κ2) is 9.08. The highest BCUT2D eigenvalue weighted by atomic mass is 19.1. The molecule has 0 spiro atoms. The van der Waals surface area contributed by atoms with E-state index in [1.54, 1.807) is 6.92 Å². The number of hydrogen-bond acceptors (Lipinski definition) is 6. The molecule has 2 aliphatic rings. The van der Waals surface area contributed by atoms with Gasteiger partial charge in [-0.3, -0.25) is 4.90 Å². The smallest absolute Gasteiger partial charge is 0.356 e. The SMILES string of the molecule is CCOC(=O)c1cc(-c2ccc(F)cc2F)c2c(n1)CN(CC1(O)CCOC(C)(C)C1)CC2. The molecule has 1 aromatic carbocycles. The number of fused-ring (bicyclic) bond motifs is 1. The van der Waals surface area contributed by atoms with E-state index in [0.717, 1.165) is 11.6 Å². The molecule has 0 bridgehead atoms. The largest absolute Gasteiger partial charge is 0.461 e. The highest BCUT2D eigenvalue weighted by molar-refractivity contribution is 5.89. The quantitative estimate of drug-likeness (QED) is 0.683. The molecule has 0 saturated carbocycles. The van der Waals surface area contributed by atoms with Crippen molar-refractivity contribution in [3.8, 4) is 11.1 Å². The van der Waals surface area contributed by atoms with Gasteiger partial charge in [-0.25, -0.2) is 18.6 Å². The van der Waals surface area contributed by atoms with Gasteiger partial charge >= 0.3 is 5.97 Å². The van der Waals surface area contributed by atoms with Crippen LogP contribution in [0.5, 0.6) is 0 Å². The van der Waals surface area contributed by atoms with Crippen molar-refractivity contribution in [3.05, 3.63) is 52.9 Å². The molecule has 0 aliphatic carbocycles. The number of aromatic nitrogens is 1. The molecule has 6 nitrogen and oxygen atoms in total. The second-order valence-electron chi connectivity index (χ2n) is 9.54. The molecule has 1 N–H and O–H groups in total. The minimum Gasteiger partial charge on any atom is -0.461 e. The zero-order valence-corrected chi connectivity index (χ0v) is 19.3. The molecule has 2 aromatic rings. The maximum absolute atomic E-state index is 14.7. The van der Waals surface area contributed by atoms with Crippen LogP contribution in [0.3, 0.4) is 0 Å². The standard InChI is InChI=1S/C25H30F2N2O4/c1-4-32-23(30)21-12-19(17-6-5-16(26)11-20(17)27)18-7-9-29(13-22(18)28-21)15-25(31)8-10-33-24(2,3)14-25/h5-6,11-12,31H,4,7-10,13-15H2,1-3H3. The van der Waals surface area contributed by atoms with Crippen LogP contribution >= 0.6 is 0 Å². The van der Waals surface area contributed by atoms with Crippen molar-refractivity contribution in [2.75, 3.05) is 26.3 Å². The first-order chi connectivity index (χ1) is 15.6. The molecular formula is C25H30F2N2O4. The van der Waals surface area contributed by atoms with Gasteiger partial charge in [0.15, 0.2) is 0 Å². The van der Waals surface area contributed by atoms with E-state index in [4.69, 9.17) is 9.47 Å². The van der Waals surface area contributed by atoms with E-state index in [9.17, 15) is 18.7 Å². The fourth-order valence-electron chi connectivity index (χ4n) is 4.99. The molecule has 2 aliphatic heterocycles. The van der Waals surface area contributed by atoms with Crippen LogP contribution in [0.4, 0.5) is 8.78 Å². The Balaban J connectivity index is 1.67. The van der Waals surface area contributed by atoms with E-state index in [1.807, 2.05) is 13.8 Å². The van der Waals surface area contributed by atoms with Crippen LogP contribution in [0, 0.1) is 11.6 Å². The first-order valence-electron chi connectivity index (χ1n) is 11.3. The number of halogens is 2. The summed E-state index contributed by atoms with van der Waals surface area (Å²) in [5.41, 5.74) is 1.00. The maximum Gasteiger partial charge on any atom is 0.356 e. The third kappa shape index (κ3) is 5.23. The molecule has 1 aromatic heterocycles. The topological polar surface area (TPSA) is 71.9 Å². The van der Waals surface area contributed by atoms with Crippen LogP contribution in [0.1, 0.15) is 55.4 Å². The summed E-state index contributed by atoms with van der Waals surface area (Å²) in [7, 11) is 0. The lowest BCUT2D eigenvalue weighted by Gasteiger charge is -2.44. The molecule has 178 valence electrons. The first kappa shape index (κ1) is 23.7. The number of β-amino-alcohol motifs (C(OH)–C–C–N with tert-alkyl or cyclic N) is 1. The van der Waals surface area contributed by atoms with Crippen molar-refractivity contribution in [2.24, 2.45) is 0 Å². The fraction of sp³-hybridized carbons (Fsp3) is 0.520. The summed E-state index contributed by atoms with van der Waals surface area (Å²) >= 11 is 0. The Kier molecular flexibility index (Phi) is 6.53. The van der Waals surface area contributed by atoms with E-state index in [-0.39, 0.29) is 17.9 Å². The zero-order chi connectivity index (χ0) is 23.8. The molecule has 4 rings (SSSR count). The number of nitrogens with zero attached hydrogens (tertiary/aromatic N) is 2. The third-order valence-corrected chi connectivity index (χ3v) is 6.30. The van der Waals surface area contributed by atoms with Crippen LogP contribution in [0.25, 0.3) is 11.1 Å². The number of pyridine rings is 1. The second-order valence-corrected chi connectivity index (χ2v) is 9.54. The van der Waals surface area contributed by atoms with E-state index in [0.29, 0.717) is 56.8 Å². The fourth-order valence-corrected chi connectivity index (χ4v) is 4.99. The van der Waals surface area contributed by atoms with Gasteiger partial charge in [-0.05, 0) is 56.5 Å². The zero-order valence-electron chi connectivity index (χ0n) is 19.3. The maximum atomic E-state index is 14.7. The first-order valence-corrected chi connectivity index (χ1v) is 11.3. The van der Waals surface area contributed by atoms with Crippen LogP contribution in [0.15, 0.2) is 24.3 Å². The van der Waals surface area contributed by atoms with Gasteiger partial charge in [-0.15, -0.1) is 0 Å². The lowest BCUT2D eigenvalue weighted by Crippen LogP contribution is -2.53. The average molecular weight is 461 g/mol. The number of esters is 1. The summed E-state index contributed by atoms with van der Waals surface area (Å²) in [4.78, 5) is 19.1. The third-order valence-electron chi connectivity index (χ3n) is 6.30. The summed E-state index contributed by atoms with van der Waals surface area (Å²) < 4.78 is 39.0. The number of hydrogen-bond donors (Lipinski definition) is 1.